The number of carbonyl (C=O) groups excluding carboxylic acids is 3. The molecule has 3 aromatic carbocycles. The van der Waals surface area contributed by atoms with Crippen LogP contribution in [0.2, 0.25) is 0 Å². The van der Waals surface area contributed by atoms with E-state index in [2.05, 4.69) is 10.4 Å². The van der Waals surface area contributed by atoms with Crippen molar-refractivity contribution in [2.75, 3.05) is 44.5 Å². The van der Waals surface area contributed by atoms with Gasteiger partial charge in [0.1, 0.15) is 5.82 Å². The molecule has 1 saturated heterocycles. The average molecular weight is 626 g/mol. The highest BCUT2D eigenvalue weighted by Gasteiger charge is 2.28. The van der Waals surface area contributed by atoms with Crippen LogP contribution >= 0.6 is 0 Å². The fraction of sp³-hybridized carbons (Fsp3) is 0.333. The molecule has 0 spiro atoms. The molecule has 0 bridgehead atoms. The highest BCUT2D eigenvalue weighted by Crippen LogP contribution is 2.33. The largest absolute Gasteiger partial charge is 0.465 e. The molecule has 0 saturated carbocycles. The molecule has 240 valence electrons. The predicted octanol–water partition coefficient (Wildman–Crippen LogP) is 6.57. The second-order valence-electron chi connectivity index (χ2n) is 12.8. The molecule has 9 nitrogen and oxygen atoms in total. The lowest BCUT2D eigenvalue weighted by atomic mass is 9.88. The molecule has 1 fully saturated rings. The molecular formula is C36H40FN5O4. The zero-order chi connectivity index (χ0) is 33.2. The van der Waals surface area contributed by atoms with Gasteiger partial charge in [-0.2, -0.15) is 5.10 Å². The second-order valence-corrected chi connectivity index (χ2v) is 12.8. The molecule has 0 aliphatic carbocycles. The quantitative estimate of drug-likeness (QED) is 0.234. The summed E-state index contributed by atoms with van der Waals surface area (Å²) in [4.78, 5) is 43.1. The number of amides is 2. The summed E-state index contributed by atoms with van der Waals surface area (Å²) in [5.41, 5.74) is 4.51. The Hall–Kier alpha value is -4.99. The van der Waals surface area contributed by atoms with Gasteiger partial charge in [0.25, 0.3) is 11.8 Å². The van der Waals surface area contributed by atoms with Crippen LogP contribution in [0, 0.1) is 5.82 Å². The molecule has 0 unspecified atom stereocenters. The molecule has 1 aliphatic heterocycles. The number of hydrogen-bond donors (Lipinski definition) is 1. The van der Waals surface area contributed by atoms with Crippen molar-refractivity contribution in [1.82, 2.24) is 14.7 Å². The zero-order valence-corrected chi connectivity index (χ0v) is 27.1. The van der Waals surface area contributed by atoms with E-state index in [1.807, 2.05) is 62.9 Å². The van der Waals surface area contributed by atoms with Gasteiger partial charge in [-0.3, -0.25) is 14.3 Å². The van der Waals surface area contributed by atoms with Crippen molar-refractivity contribution in [3.05, 3.63) is 101 Å². The van der Waals surface area contributed by atoms with E-state index < -0.39 is 5.54 Å². The lowest BCUT2D eigenvalue weighted by Crippen LogP contribution is -2.38. The molecule has 5 rings (SSSR count). The Morgan fingerprint density at radius 2 is 1.59 bits per heavy atom. The number of piperidine rings is 1. The Morgan fingerprint density at radius 1 is 0.935 bits per heavy atom. The summed E-state index contributed by atoms with van der Waals surface area (Å²) in [6.45, 7) is 7.11. The first-order valence-corrected chi connectivity index (χ1v) is 15.3. The van der Waals surface area contributed by atoms with Gasteiger partial charge in [0.05, 0.1) is 41.2 Å². The molecule has 1 aromatic heterocycles. The van der Waals surface area contributed by atoms with Crippen molar-refractivity contribution in [2.24, 2.45) is 0 Å². The molecule has 4 aromatic rings. The summed E-state index contributed by atoms with van der Waals surface area (Å²) in [6.07, 6.45) is 3.11. The highest BCUT2D eigenvalue weighted by molar-refractivity contribution is 6.09. The van der Waals surface area contributed by atoms with Gasteiger partial charge in [-0.1, -0.05) is 12.1 Å². The van der Waals surface area contributed by atoms with Crippen molar-refractivity contribution in [1.29, 1.82) is 0 Å². The maximum atomic E-state index is 13.9. The normalized spacial score (nSPS) is 13.8. The van der Waals surface area contributed by atoms with Crippen LogP contribution in [0.25, 0.3) is 11.3 Å². The molecule has 0 radical (unpaired) electrons. The summed E-state index contributed by atoms with van der Waals surface area (Å²) in [5, 5.41) is 7.48. The third kappa shape index (κ3) is 6.80. The first-order chi connectivity index (χ1) is 21.9. The summed E-state index contributed by atoms with van der Waals surface area (Å²) >= 11 is 0. The molecule has 0 atom stereocenters. The van der Waals surface area contributed by atoms with E-state index in [0.29, 0.717) is 46.7 Å². The maximum Gasteiger partial charge on any atom is 0.337 e. The number of carbonyl (C=O) groups is 3. The number of benzene rings is 3. The molecule has 1 N–H and O–H groups in total. The molecule has 46 heavy (non-hydrogen) atoms. The first-order valence-electron chi connectivity index (χ1n) is 15.3. The van der Waals surface area contributed by atoms with E-state index in [4.69, 9.17) is 4.74 Å². The van der Waals surface area contributed by atoms with Crippen LogP contribution < -0.4 is 10.2 Å². The minimum atomic E-state index is -0.435. The minimum Gasteiger partial charge on any atom is -0.465 e. The SMILES string of the molecule is COC(=O)c1ccc(C2CCN(C(=O)c3cc(NC(=O)c4cnn(C(C)(C)C)c4-c4ccc(F)cc4)ccc3N(C)C)CC2)cc1. The Morgan fingerprint density at radius 3 is 2.17 bits per heavy atom. The monoisotopic (exact) mass is 625 g/mol. The molecule has 2 heterocycles. The number of ether oxygens (including phenoxy) is 1. The van der Waals surface area contributed by atoms with Crippen molar-refractivity contribution < 1.29 is 23.5 Å². The van der Waals surface area contributed by atoms with Crippen LogP contribution in [0.5, 0.6) is 0 Å². The van der Waals surface area contributed by atoms with Crippen molar-refractivity contribution in [3.63, 3.8) is 0 Å². The average Bonchev–Trinajstić information content (AvgIpc) is 3.51. The molecule has 10 heteroatoms. The number of hydrogen-bond acceptors (Lipinski definition) is 6. The fourth-order valence-corrected chi connectivity index (χ4v) is 5.88. The van der Waals surface area contributed by atoms with Gasteiger partial charge < -0.3 is 19.9 Å². The smallest absolute Gasteiger partial charge is 0.337 e. The van der Waals surface area contributed by atoms with E-state index in [1.165, 1.54) is 25.4 Å². The van der Waals surface area contributed by atoms with Crippen LogP contribution in [0.3, 0.4) is 0 Å². The number of rotatable bonds is 7. The topological polar surface area (TPSA) is 96.8 Å². The van der Waals surface area contributed by atoms with E-state index in [-0.39, 0.29) is 29.5 Å². The number of aromatic nitrogens is 2. The number of anilines is 2. The third-order valence-electron chi connectivity index (χ3n) is 8.32. The second kappa shape index (κ2) is 13.2. The van der Waals surface area contributed by atoms with Crippen LogP contribution in [0.15, 0.2) is 72.9 Å². The van der Waals surface area contributed by atoms with Crippen molar-refractivity contribution in [2.45, 2.75) is 45.1 Å². The minimum absolute atomic E-state index is 0.105. The fourth-order valence-electron chi connectivity index (χ4n) is 5.88. The highest BCUT2D eigenvalue weighted by atomic mass is 19.1. The molecular weight excluding hydrogens is 585 g/mol. The Kier molecular flexibility index (Phi) is 9.27. The van der Waals surface area contributed by atoms with Gasteiger partial charge in [-0.15, -0.1) is 0 Å². The summed E-state index contributed by atoms with van der Waals surface area (Å²) < 4.78 is 20.3. The van der Waals surface area contributed by atoms with Gasteiger partial charge >= 0.3 is 5.97 Å². The van der Waals surface area contributed by atoms with Crippen LogP contribution in [0.1, 0.15) is 76.2 Å². The number of nitrogens with one attached hydrogen (secondary N) is 1. The van der Waals surface area contributed by atoms with E-state index >= 15 is 0 Å². The Labute approximate surface area is 269 Å². The summed E-state index contributed by atoms with van der Waals surface area (Å²) in [5.74, 6) is -0.945. The molecule has 1 aliphatic rings. The van der Waals surface area contributed by atoms with Crippen molar-refractivity contribution in [3.8, 4) is 11.3 Å². The maximum absolute atomic E-state index is 13.9. The van der Waals surface area contributed by atoms with Crippen molar-refractivity contribution >= 4 is 29.2 Å². The standard InChI is InChI=1S/C36H40FN5O4/c1-36(2,3)42-32(25-11-13-27(37)14-12-25)30(22-38-42)33(43)39-28-15-16-31(40(4)5)29(21-28)34(44)41-19-17-24(18-20-41)23-7-9-26(10-8-23)35(45)46-6/h7-16,21-22,24H,17-20H2,1-6H3,(H,39,43). The van der Waals surface area contributed by atoms with Gasteiger partial charge in [-0.05, 0) is 99.7 Å². The number of methoxy groups -OCH3 is 1. The van der Waals surface area contributed by atoms with Crippen LogP contribution in [0.4, 0.5) is 15.8 Å². The summed E-state index contributed by atoms with van der Waals surface area (Å²) in [6, 6.07) is 18.8. The lowest BCUT2D eigenvalue weighted by Gasteiger charge is -2.33. The third-order valence-corrected chi connectivity index (χ3v) is 8.32. The summed E-state index contributed by atoms with van der Waals surface area (Å²) in [7, 11) is 5.12. The van der Waals surface area contributed by atoms with E-state index in [1.54, 1.807) is 41.1 Å². The zero-order valence-electron chi connectivity index (χ0n) is 27.1. The Bertz CT molecular complexity index is 1730. The first kappa shape index (κ1) is 32.4. The molecule has 2 amide bonds. The van der Waals surface area contributed by atoms with E-state index in [9.17, 15) is 18.8 Å². The van der Waals surface area contributed by atoms with Crippen LogP contribution in [-0.2, 0) is 10.3 Å². The number of likely N-dealkylation sites (tertiary alicyclic amines) is 1. The number of esters is 1. The predicted molar refractivity (Wildman–Crippen MR) is 177 cm³/mol. The van der Waals surface area contributed by atoms with E-state index in [0.717, 1.165) is 24.1 Å². The van der Waals surface area contributed by atoms with Gasteiger partial charge in [0.15, 0.2) is 0 Å². The Balaban J connectivity index is 1.35. The number of nitrogens with zero attached hydrogens (tertiary/aromatic N) is 4. The van der Waals surface area contributed by atoms with Gasteiger partial charge in [-0.25, -0.2) is 9.18 Å². The van der Waals surface area contributed by atoms with Gasteiger partial charge in [0, 0.05) is 44.1 Å². The number of halogens is 1. The van der Waals surface area contributed by atoms with Crippen LogP contribution in [-0.4, -0.2) is 66.8 Å². The lowest BCUT2D eigenvalue weighted by molar-refractivity contribution is 0.0599. The van der Waals surface area contributed by atoms with Gasteiger partial charge in [0.2, 0.25) is 0 Å².